The molecule has 3 nitrogen and oxygen atoms in total. The fourth-order valence-electron chi connectivity index (χ4n) is 1.61. The van der Waals surface area contributed by atoms with Crippen LogP contribution in [0.4, 0.5) is 0 Å². The molecule has 0 aliphatic carbocycles. The zero-order valence-corrected chi connectivity index (χ0v) is 5.03. The van der Waals surface area contributed by atoms with Gasteiger partial charge in [0.2, 0.25) is 0 Å². The minimum absolute atomic E-state index is 0.0787. The minimum Gasteiger partial charge on any atom is -0.390 e. The maximum atomic E-state index is 9.10. The van der Waals surface area contributed by atoms with Gasteiger partial charge in [0.1, 0.15) is 0 Å². The van der Waals surface area contributed by atoms with E-state index in [1.807, 2.05) is 0 Å². The summed E-state index contributed by atoms with van der Waals surface area (Å²) in [5.74, 6) is 0. The van der Waals surface area contributed by atoms with E-state index in [0.29, 0.717) is 12.8 Å². The van der Waals surface area contributed by atoms with E-state index in [4.69, 9.17) is 14.9 Å². The average Bonchev–Trinajstić information content (AvgIpc) is 2.24. The monoisotopic (exact) mass is 130 g/mol. The van der Waals surface area contributed by atoms with Crippen LogP contribution >= 0.6 is 0 Å². The van der Waals surface area contributed by atoms with Crippen molar-refractivity contribution in [2.24, 2.45) is 0 Å². The van der Waals surface area contributed by atoms with Crippen molar-refractivity contribution in [3.8, 4) is 0 Å². The van der Waals surface area contributed by atoms with Crippen molar-refractivity contribution in [1.82, 2.24) is 0 Å². The Bertz CT molecular complexity index is 107. The van der Waals surface area contributed by atoms with Crippen molar-refractivity contribution >= 4 is 0 Å². The maximum absolute atomic E-state index is 9.10. The predicted octanol–water partition coefficient (Wildman–Crippen LogP) is -0.731. The lowest BCUT2D eigenvalue weighted by molar-refractivity contribution is 0.0463. The Hall–Kier alpha value is -0.120. The molecule has 0 amide bonds. The summed E-state index contributed by atoms with van der Waals surface area (Å²) >= 11 is 0. The first-order valence-electron chi connectivity index (χ1n) is 3.29. The van der Waals surface area contributed by atoms with Gasteiger partial charge < -0.3 is 14.9 Å². The quantitative estimate of drug-likeness (QED) is 0.454. The second kappa shape index (κ2) is 1.68. The molecule has 0 saturated carbocycles. The predicted molar refractivity (Wildman–Crippen MR) is 29.9 cm³/mol. The highest BCUT2D eigenvalue weighted by Gasteiger charge is 2.45. The minimum atomic E-state index is -0.321. The van der Waals surface area contributed by atoms with E-state index in [1.54, 1.807) is 0 Å². The fourth-order valence-corrected chi connectivity index (χ4v) is 1.61. The number of fused-ring (bicyclic) bond motifs is 2. The standard InChI is InChI=1S/C6H10O3/c7-3-1-5-4(8)2-6(3)9-5/h3-8H,1-2H2. The third-order valence-corrected chi connectivity index (χ3v) is 2.16. The molecule has 2 rings (SSSR count). The lowest BCUT2D eigenvalue weighted by Gasteiger charge is -2.15. The van der Waals surface area contributed by atoms with E-state index in [0.717, 1.165) is 0 Å². The molecule has 2 aliphatic heterocycles. The van der Waals surface area contributed by atoms with E-state index >= 15 is 0 Å². The van der Waals surface area contributed by atoms with Gasteiger partial charge >= 0.3 is 0 Å². The molecule has 4 unspecified atom stereocenters. The normalized spacial score (nSPS) is 56.7. The third-order valence-electron chi connectivity index (χ3n) is 2.16. The van der Waals surface area contributed by atoms with Crippen LogP contribution in [0.2, 0.25) is 0 Å². The highest BCUT2D eigenvalue weighted by Crippen LogP contribution is 2.34. The van der Waals surface area contributed by atoms with E-state index in [1.165, 1.54) is 0 Å². The molecule has 2 bridgehead atoms. The van der Waals surface area contributed by atoms with E-state index < -0.39 is 0 Å². The zero-order valence-electron chi connectivity index (χ0n) is 5.03. The third kappa shape index (κ3) is 0.689. The van der Waals surface area contributed by atoms with Crippen LogP contribution < -0.4 is 0 Å². The summed E-state index contributed by atoms with van der Waals surface area (Å²) in [4.78, 5) is 0. The molecule has 3 heteroatoms. The molecule has 0 aromatic rings. The van der Waals surface area contributed by atoms with Gasteiger partial charge in [-0.15, -0.1) is 0 Å². The molecular weight excluding hydrogens is 120 g/mol. The second-order valence-corrected chi connectivity index (χ2v) is 2.82. The summed E-state index contributed by atoms with van der Waals surface area (Å²) in [7, 11) is 0. The summed E-state index contributed by atoms with van der Waals surface area (Å²) in [6, 6.07) is 0. The van der Waals surface area contributed by atoms with Crippen molar-refractivity contribution in [1.29, 1.82) is 0 Å². The van der Waals surface area contributed by atoms with Crippen molar-refractivity contribution in [2.45, 2.75) is 37.3 Å². The van der Waals surface area contributed by atoms with Gasteiger partial charge in [0.25, 0.3) is 0 Å². The van der Waals surface area contributed by atoms with Gasteiger partial charge in [-0.2, -0.15) is 0 Å². The average molecular weight is 130 g/mol. The van der Waals surface area contributed by atoms with Crippen LogP contribution in [0.5, 0.6) is 0 Å². The highest BCUT2D eigenvalue weighted by atomic mass is 16.5. The molecule has 0 aromatic carbocycles. The van der Waals surface area contributed by atoms with Crippen LogP contribution in [-0.4, -0.2) is 34.6 Å². The van der Waals surface area contributed by atoms with Crippen molar-refractivity contribution < 1.29 is 14.9 Å². The Kier molecular flexibility index (Phi) is 1.06. The number of ether oxygens (including phenoxy) is 1. The molecule has 2 aliphatic rings. The van der Waals surface area contributed by atoms with Crippen LogP contribution in [0.25, 0.3) is 0 Å². The molecule has 2 N–H and O–H groups in total. The number of aliphatic hydroxyl groups is 2. The summed E-state index contributed by atoms with van der Waals surface area (Å²) < 4.78 is 5.20. The number of hydrogen-bond donors (Lipinski definition) is 2. The molecule has 4 atom stereocenters. The maximum Gasteiger partial charge on any atom is 0.0865 e. The molecule has 0 radical (unpaired) electrons. The van der Waals surface area contributed by atoms with Gasteiger partial charge in [0, 0.05) is 12.8 Å². The molecule has 2 saturated heterocycles. The van der Waals surface area contributed by atoms with E-state index in [2.05, 4.69) is 0 Å². The van der Waals surface area contributed by atoms with Gasteiger partial charge in [-0.05, 0) is 0 Å². The first-order chi connectivity index (χ1) is 4.27. The van der Waals surface area contributed by atoms with Crippen LogP contribution in [0.1, 0.15) is 12.8 Å². The molecule has 2 heterocycles. The first kappa shape index (κ1) is 5.65. The zero-order chi connectivity index (χ0) is 6.43. The van der Waals surface area contributed by atoms with Gasteiger partial charge in [-0.3, -0.25) is 0 Å². The largest absolute Gasteiger partial charge is 0.390 e. The van der Waals surface area contributed by atoms with E-state index in [-0.39, 0.29) is 24.4 Å². The van der Waals surface area contributed by atoms with Crippen molar-refractivity contribution in [2.75, 3.05) is 0 Å². The summed E-state index contributed by atoms with van der Waals surface area (Å²) in [5, 5.41) is 18.2. The molecule has 0 spiro atoms. The van der Waals surface area contributed by atoms with Gasteiger partial charge in [-0.25, -0.2) is 0 Å². The van der Waals surface area contributed by atoms with Gasteiger partial charge in [0.15, 0.2) is 0 Å². The Balaban J connectivity index is 2.10. The first-order valence-corrected chi connectivity index (χ1v) is 3.29. The van der Waals surface area contributed by atoms with Crippen LogP contribution in [0.15, 0.2) is 0 Å². The van der Waals surface area contributed by atoms with Crippen molar-refractivity contribution in [3.63, 3.8) is 0 Å². The Labute approximate surface area is 53.3 Å². The van der Waals surface area contributed by atoms with Crippen molar-refractivity contribution in [3.05, 3.63) is 0 Å². The second-order valence-electron chi connectivity index (χ2n) is 2.82. The number of hydrogen-bond acceptors (Lipinski definition) is 3. The van der Waals surface area contributed by atoms with Crippen LogP contribution in [0, 0.1) is 0 Å². The number of rotatable bonds is 0. The fraction of sp³-hybridized carbons (Fsp3) is 1.00. The lowest BCUT2D eigenvalue weighted by Crippen LogP contribution is -2.29. The summed E-state index contributed by atoms with van der Waals surface area (Å²) in [5.41, 5.74) is 0. The summed E-state index contributed by atoms with van der Waals surface area (Å²) in [6.45, 7) is 0. The Morgan fingerprint density at radius 2 is 1.44 bits per heavy atom. The topological polar surface area (TPSA) is 49.7 Å². The smallest absolute Gasteiger partial charge is 0.0865 e. The Morgan fingerprint density at radius 1 is 1.00 bits per heavy atom. The highest BCUT2D eigenvalue weighted by molar-refractivity contribution is 4.94. The molecule has 9 heavy (non-hydrogen) atoms. The molecule has 2 fully saturated rings. The molecular formula is C6H10O3. The van der Waals surface area contributed by atoms with Gasteiger partial charge in [-0.1, -0.05) is 0 Å². The Morgan fingerprint density at radius 3 is 1.67 bits per heavy atom. The molecule has 52 valence electrons. The van der Waals surface area contributed by atoms with Gasteiger partial charge in [0.05, 0.1) is 24.4 Å². The SMILES string of the molecule is OC1CC2OC1CC2O. The summed E-state index contributed by atoms with van der Waals surface area (Å²) in [6.07, 6.45) is 0.435. The van der Waals surface area contributed by atoms with E-state index in [9.17, 15) is 0 Å². The number of aliphatic hydroxyl groups excluding tert-OH is 2. The lowest BCUT2D eigenvalue weighted by atomic mass is 9.95. The van der Waals surface area contributed by atoms with Crippen LogP contribution in [0.3, 0.4) is 0 Å². The molecule has 0 aromatic heterocycles. The van der Waals surface area contributed by atoms with Crippen LogP contribution in [-0.2, 0) is 4.74 Å².